The number of nitrogens with zero attached hydrogens (tertiary/aromatic N) is 1. The van der Waals surface area contributed by atoms with Crippen molar-refractivity contribution in [2.24, 2.45) is 10.9 Å². The Morgan fingerprint density at radius 2 is 1.94 bits per heavy atom. The molecule has 3 aromatic rings. The van der Waals surface area contributed by atoms with Crippen LogP contribution in [0.15, 0.2) is 82.3 Å². The zero-order valence-corrected chi connectivity index (χ0v) is 20.4. The lowest BCUT2D eigenvalue weighted by Gasteiger charge is -2.37. The van der Waals surface area contributed by atoms with Crippen molar-refractivity contribution in [1.29, 1.82) is 0 Å². The van der Waals surface area contributed by atoms with E-state index in [4.69, 9.17) is 9.47 Å². The normalized spacial score (nSPS) is 20.9. The number of nitrogens with one attached hydrogen (secondary N) is 1. The van der Waals surface area contributed by atoms with Gasteiger partial charge in [-0.15, -0.1) is 0 Å². The Bertz CT molecular complexity index is 1200. The highest BCUT2D eigenvalue weighted by Gasteiger charge is 2.37. The van der Waals surface area contributed by atoms with E-state index >= 15 is 0 Å². The van der Waals surface area contributed by atoms with Crippen molar-refractivity contribution in [3.8, 4) is 11.5 Å². The molecule has 5 heteroatoms. The monoisotopic (exact) mass is 502 g/mol. The third-order valence-corrected chi connectivity index (χ3v) is 7.02. The maximum Gasteiger partial charge on any atom is 0.175 e. The van der Waals surface area contributed by atoms with Crippen molar-refractivity contribution < 1.29 is 9.47 Å². The third kappa shape index (κ3) is 4.30. The summed E-state index contributed by atoms with van der Waals surface area (Å²) in [5.41, 5.74) is 5.81. The highest BCUT2D eigenvalue weighted by molar-refractivity contribution is 9.10. The Hall–Kier alpha value is -3.05. The van der Waals surface area contributed by atoms with Crippen molar-refractivity contribution in [3.05, 3.63) is 94.0 Å². The summed E-state index contributed by atoms with van der Waals surface area (Å²) in [6.45, 7) is 2.53. The highest BCUT2D eigenvalue weighted by Crippen LogP contribution is 2.49. The minimum atomic E-state index is 0.296. The van der Waals surface area contributed by atoms with Crippen molar-refractivity contribution in [3.63, 3.8) is 0 Å². The number of fused-ring (bicyclic) bond motifs is 3. The molecule has 3 aromatic carbocycles. The second-order valence-corrected chi connectivity index (χ2v) is 9.23. The number of hydrogen-bond donors (Lipinski definition) is 1. The highest BCUT2D eigenvalue weighted by atomic mass is 79.9. The van der Waals surface area contributed by atoms with Crippen LogP contribution in [-0.4, -0.2) is 19.9 Å². The van der Waals surface area contributed by atoms with E-state index in [9.17, 15) is 0 Å². The van der Waals surface area contributed by atoms with Gasteiger partial charge < -0.3 is 14.8 Å². The first-order valence-electron chi connectivity index (χ1n) is 11.3. The van der Waals surface area contributed by atoms with Crippen LogP contribution in [0.5, 0.6) is 11.5 Å². The van der Waals surface area contributed by atoms with Gasteiger partial charge in [-0.3, -0.25) is 4.99 Å². The van der Waals surface area contributed by atoms with Gasteiger partial charge in [0.15, 0.2) is 11.5 Å². The molecule has 0 unspecified atom stereocenters. The summed E-state index contributed by atoms with van der Waals surface area (Å²) in [6.07, 6.45) is 7.66. The summed E-state index contributed by atoms with van der Waals surface area (Å²) >= 11 is 3.57. The van der Waals surface area contributed by atoms with E-state index in [-0.39, 0.29) is 0 Å². The predicted molar refractivity (Wildman–Crippen MR) is 138 cm³/mol. The van der Waals surface area contributed by atoms with Crippen LogP contribution in [0.25, 0.3) is 0 Å². The fourth-order valence-electron chi connectivity index (χ4n) is 4.89. The van der Waals surface area contributed by atoms with Crippen LogP contribution in [0, 0.1) is 5.92 Å². The molecule has 3 atom stereocenters. The minimum absolute atomic E-state index is 0.296. The van der Waals surface area contributed by atoms with Crippen molar-refractivity contribution in [2.75, 3.05) is 19.0 Å². The predicted octanol–water partition coefficient (Wildman–Crippen LogP) is 7.43. The summed E-state index contributed by atoms with van der Waals surface area (Å²) in [5.74, 6) is 2.43. The molecule has 1 N–H and O–H groups in total. The second kappa shape index (κ2) is 9.44. The number of hydrogen-bond acceptors (Lipinski definition) is 4. The molecule has 4 nitrogen and oxygen atoms in total. The fourth-order valence-corrected chi connectivity index (χ4v) is 5.46. The number of methoxy groups -OCH3 is 1. The van der Waals surface area contributed by atoms with Gasteiger partial charge in [-0.1, -0.05) is 42.5 Å². The number of aliphatic imine (C=N–C) groups is 1. The number of para-hydroxylation sites is 1. The van der Waals surface area contributed by atoms with Crippen LogP contribution in [0.2, 0.25) is 0 Å². The van der Waals surface area contributed by atoms with Crippen molar-refractivity contribution in [2.45, 2.75) is 25.3 Å². The first-order valence-corrected chi connectivity index (χ1v) is 12.1. The Morgan fingerprint density at radius 1 is 1.12 bits per heavy atom. The third-order valence-electron chi connectivity index (χ3n) is 6.43. The number of anilines is 1. The SMILES string of the molecule is CCOc1c(Br)cc(C=Nc2ccc([C@@H]3Nc4ccccc4[C@@H]4C=CC[C@@H]43)cc2)cc1OC. The van der Waals surface area contributed by atoms with E-state index in [1.165, 1.54) is 16.8 Å². The molecule has 0 saturated heterocycles. The van der Waals surface area contributed by atoms with E-state index in [0.717, 1.165) is 22.1 Å². The Morgan fingerprint density at radius 3 is 2.73 bits per heavy atom. The smallest absolute Gasteiger partial charge is 0.175 e. The van der Waals surface area contributed by atoms with E-state index < -0.39 is 0 Å². The molecule has 0 aromatic heterocycles. The molecule has 0 fully saturated rings. The van der Waals surface area contributed by atoms with Crippen LogP contribution >= 0.6 is 15.9 Å². The van der Waals surface area contributed by atoms with Gasteiger partial charge in [-0.25, -0.2) is 0 Å². The summed E-state index contributed by atoms with van der Waals surface area (Å²) < 4.78 is 12.0. The second-order valence-electron chi connectivity index (χ2n) is 8.38. The molecular formula is C28H27BrN2O2. The van der Waals surface area contributed by atoms with Crippen molar-refractivity contribution in [1.82, 2.24) is 0 Å². The molecular weight excluding hydrogens is 476 g/mol. The zero-order chi connectivity index (χ0) is 22.8. The van der Waals surface area contributed by atoms with E-state index in [0.29, 0.717) is 36.0 Å². The molecule has 1 aliphatic carbocycles. The molecule has 2 aliphatic rings. The summed E-state index contributed by atoms with van der Waals surface area (Å²) in [7, 11) is 1.64. The average molecular weight is 503 g/mol. The van der Waals surface area contributed by atoms with Gasteiger partial charge in [0.2, 0.25) is 0 Å². The molecule has 1 aliphatic heterocycles. The van der Waals surface area contributed by atoms with Gasteiger partial charge in [0.1, 0.15) is 0 Å². The topological polar surface area (TPSA) is 42.8 Å². The Labute approximate surface area is 203 Å². The van der Waals surface area contributed by atoms with E-state index in [1.54, 1.807) is 7.11 Å². The molecule has 0 amide bonds. The summed E-state index contributed by atoms with van der Waals surface area (Å²) in [4.78, 5) is 4.68. The Kier molecular flexibility index (Phi) is 6.23. The zero-order valence-electron chi connectivity index (χ0n) is 18.8. The van der Waals surface area contributed by atoms with E-state index in [1.807, 2.05) is 25.3 Å². The number of ether oxygens (including phenoxy) is 2. The minimum Gasteiger partial charge on any atom is -0.493 e. The fraction of sp³-hybridized carbons (Fsp3) is 0.250. The molecule has 0 radical (unpaired) electrons. The van der Waals surface area contributed by atoms with Gasteiger partial charge in [0.05, 0.1) is 29.9 Å². The molecule has 1 heterocycles. The van der Waals surface area contributed by atoms with Gasteiger partial charge in [0, 0.05) is 17.8 Å². The van der Waals surface area contributed by atoms with Crippen LogP contribution in [0.3, 0.4) is 0 Å². The summed E-state index contributed by atoms with van der Waals surface area (Å²) in [6, 6.07) is 21.5. The van der Waals surface area contributed by atoms with Crippen LogP contribution in [0.1, 0.15) is 42.0 Å². The number of rotatable bonds is 6. The van der Waals surface area contributed by atoms with Crippen LogP contribution in [-0.2, 0) is 0 Å². The summed E-state index contributed by atoms with van der Waals surface area (Å²) in [5, 5.41) is 3.79. The first-order chi connectivity index (χ1) is 16.2. The van der Waals surface area contributed by atoms with Gasteiger partial charge in [-0.2, -0.15) is 0 Å². The number of benzene rings is 3. The lowest BCUT2D eigenvalue weighted by molar-refractivity contribution is 0.309. The van der Waals surface area contributed by atoms with Gasteiger partial charge >= 0.3 is 0 Å². The number of allylic oxidation sites excluding steroid dienone is 2. The lowest BCUT2D eigenvalue weighted by Crippen LogP contribution is -2.28. The molecule has 33 heavy (non-hydrogen) atoms. The molecule has 0 saturated carbocycles. The van der Waals surface area contributed by atoms with Gasteiger partial charge in [-0.05, 0) is 82.2 Å². The quantitative estimate of drug-likeness (QED) is 0.281. The molecule has 168 valence electrons. The lowest BCUT2D eigenvalue weighted by atomic mass is 9.77. The van der Waals surface area contributed by atoms with Crippen LogP contribution < -0.4 is 14.8 Å². The molecule has 0 spiro atoms. The standard InChI is InChI=1S/C28H27BrN2O2/c1-3-33-28-24(29)15-18(16-26(28)32-2)17-30-20-13-11-19(12-14-20)27-23-9-6-8-21(23)22-7-4-5-10-25(22)31-27/h4-8,10-17,21,23,27,31H,3,9H2,1-2H3/t21-,23-,27-/m0/s1. The molecule has 0 bridgehead atoms. The average Bonchev–Trinajstić information content (AvgIpc) is 3.34. The van der Waals surface area contributed by atoms with Gasteiger partial charge in [0.25, 0.3) is 0 Å². The van der Waals surface area contributed by atoms with E-state index in [2.05, 4.69) is 86.9 Å². The largest absolute Gasteiger partial charge is 0.493 e. The maximum absolute atomic E-state index is 5.67. The van der Waals surface area contributed by atoms with Crippen molar-refractivity contribution >= 4 is 33.5 Å². The molecule has 5 rings (SSSR count). The first kappa shape index (κ1) is 21.8. The number of halogens is 1. The van der Waals surface area contributed by atoms with Crippen LogP contribution in [0.4, 0.5) is 11.4 Å². The maximum atomic E-state index is 5.67. The Balaban J connectivity index is 1.36.